The Morgan fingerprint density at radius 2 is 1.66 bits per heavy atom. The fourth-order valence-corrected chi connectivity index (χ4v) is 5.76. The summed E-state index contributed by atoms with van der Waals surface area (Å²) in [5.41, 5.74) is 6.05. The molecular weight excluding hydrogens is 492 g/mol. The highest BCUT2D eigenvalue weighted by Crippen LogP contribution is 2.42. The van der Waals surface area contributed by atoms with Crippen molar-refractivity contribution >= 4 is 17.2 Å². The number of fused-ring (bicyclic) bond motifs is 2. The second kappa shape index (κ2) is 10.7. The van der Waals surface area contributed by atoms with Gasteiger partial charge in [-0.2, -0.15) is 0 Å². The van der Waals surface area contributed by atoms with Gasteiger partial charge in [-0.05, 0) is 71.9 Å². The smallest absolute Gasteiger partial charge is 0.226 e. The molecule has 0 radical (unpaired) electrons. The Bertz CT molecular complexity index is 1440. The number of hydrogen-bond acceptors (Lipinski definition) is 4. The van der Waals surface area contributed by atoms with E-state index in [9.17, 15) is 5.11 Å². The van der Waals surface area contributed by atoms with Crippen molar-refractivity contribution in [3.8, 4) is 22.8 Å². The van der Waals surface area contributed by atoms with E-state index in [1.807, 2.05) is 42.5 Å². The van der Waals surface area contributed by atoms with Crippen LogP contribution in [0.3, 0.4) is 0 Å². The third kappa shape index (κ3) is 5.12. The zero-order valence-electron chi connectivity index (χ0n) is 21.3. The quantitative estimate of drug-likeness (QED) is 0.294. The van der Waals surface area contributed by atoms with Gasteiger partial charge in [-0.15, -0.1) is 0 Å². The van der Waals surface area contributed by atoms with Crippen molar-refractivity contribution in [1.29, 1.82) is 0 Å². The lowest BCUT2D eigenvalue weighted by molar-refractivity contribution is -0.0254. The number of halogens is 1. The van der Waals surface area contributed by atoms with Crippen LogP contribution in [0, 0.1) is 0 Å². The van der Waals surface area contributed by atoms with Crippen molar-refractivity contribution in [2.45, 2.75) is 31.3 Å². The van der Waals surface area contributed by atoms with Crippen LogP contribution in [0.4, 0.5) is 0 Å². The van der Waals surface area contributed by atoms with E-state index in [1.54, 1.807) is 6.20 Å². The van der Waals surface area contributed by atoms with Crippen LogP contribution >= 0.6 is 11.6 Å². The van der Waals surface area contributed by atoms with Crippen LogP contribution in [0.5, 0.6) is 11.6 Å². The lowest BCUT2D eigenvalue weighted by atomic mass is 9.84. The van der Waals surface area contributed by atoms with Crippen LogP contribution in [0.2, 0.25) is 5.02 Å². The van der Waals surface area contributed by atoms with Crippen molar-refractivity contribution < 1.29 is 9.84 Å². The van der Waals surface area contributed by atoms with E-state index in [0.29, 0.717) is 10.9 Å². The van der Waals surface area contributed by atoms with Gasteiger partial charge in [0.05, 0.1) is 5.60 Å². The van der Waals surface area contributed by atoms with E-state index in [1.165, 1.54) is 22.3 Å². The summed E-state index contributed by atoms with van der Waals surface area (Å²) in [5, 5.41) is 11.9. The third-order valence-electron chi connectivity index (χ3n) is 7.81. The van der Waals surface area contributed by atoms with Crippen LogP contribution in [0.25, 0.3) is 16.7 Å². The first-order chi connectivity index (χ1) is 18.6. The number of benzene rings is 3. The zero-order valence-corrected chi connectivity index (χ0v) is 22.1. The van der Waals surface area contributed by atoms with Gasteiger partial charge in [0, 0.05) is 48.4 Å². The number of allylic oxidation sites excluding steroid dienone is 1. The number of nitrogens with zero attached hydrogens (tertiary/aromatic N) is 2. The number of likely N-dealkylation sites (tertiary alicyclic amines) is 1. The molecule has 0 atom stereocenters. The zero-order chi connectivity index (χ0) is 26.0. The number of aromatic nitrogens is 1. The highest BCUT2D eigenvalue weighted by atomic mass is 35.5. The second-order valence-corrected chi connectivity index (χ2v) is 10.6. The predicted octanol–water partition coefficient (Wildman–Crippen LogP) is 7.51. The first-order valence-corrected chi connectivity index (χ1v) is 13.7. The van der Waals surface area contributed by atoms with Crippen molar-refractivity contribution in [3.63, 3.8) is 0 Å². The molecule has 1 fully saturated rings. The van der Waals surface area contributed by atoms with Gasteiger partial charge in [-0.3, -0.25) is 0 Å². The van der Waals surface area contributed by atoms with Crippen LogP contribution in [0.1, 0.15) is 36.0 Å². The molecule has 4 nitrogen and oxygen atoms in total. The molecule has 3 heterocycles. The van der Waals surface area contributed by atoms with Gasteiger partial charge >= 0.3 is 0 Å². The molecule has 0 spiro atoms. The summed E-state index contributed by atoms with van der Waals surface area (Å²) < 4.78 is 6.37. The van der Waals surface area contributed by atoms with Gasteiger partial charge < -0.3 is 14.7 Å². The summed E-state index contributed by atoms with van der Waals surface area (Å²) in [6.45, 7) is 2.68. The summed E-state index contributed by atoms with van der Waals surface area (Å²) in [4.78, 5) is 7.02. The van der Waals surface area contributed by atoms with E-state index >= 15 is 0 Å². The molecule has 5 heteroatoms. The van der Waals surface area contributed by atoms with E-state index in [0.717, 1.165) is 62.2 Å². The standard InChI is InChI=1S/C33H31ClN2O2/c34-27-15-13-26(14-16-27)33(37)17-21-36(22-18-33)20-6-9-25-23-30-28(24-7-2-1-3-8-24)10-4-12-31(30)38-32-29(25)11-5-19-35-32/h1-5,7-16,19,37H,6,17-18,20-23H2. The number of ether oxygens (including phenoxy) is 1. The van der Waals surface area contributed by atoms with Gasteiger partial charge in [-0.25, -0.2) is 4.98 Å². The van der Waals surface area contributed by atoms with Crippen molar-refractivity contribution in [3.05, 3.63) is 119 Å². The molecule has 3 aromatic carbocycles. The topological polar surface area (TPSA) is 45.6 Å². The average Bonchev–Trinajstić information content (AvgIpc) is 3.11. The third-order valence-corrected chi connectivity index (χ3v) is 8.06. The Balaban J connectivity index is 1.20. The normalized spacial score (nSPS) is 17.8. The predicted molar refractivity (Wildman–Crippen MR) is 154 cm³/mol. The van der Waals surface area contributed by atoms with E-state index in [2.05, 4.69) is 58.4 Å². The summed E-state index contributed by atoms with van der Waals surface area (Å²) in [5.74, 6) is 1.53. The summed E-state index contributed by atoms with van der Waals surface area (Å²) in [7, 11) is 0. The molecule has 2 aliphatic heterocycles. The minimum absolute atomic E-state index is 0.661. The summed E-state index contributed by atoms with van der Waals surface area (Å²) in [6.07, 6.45) is 7.29. The Hall–Kier alpha value is -3.44. The molecule has 0 amide bonds. The maximum absolute atomic E-state index is 11.2. The number of piperidine rings is 1. The van der Waals surface area contributed by atoms with E-state index < -0.39 is 5.60 Å². The van der Waals surface area contributed by atoms with Crippen LogP contribution in [-0.2, 0) is 12.0 Å². The molecule has 0 bridgehead atoms. The fraction of sp³-hybridized carbons (Fsp3) is 0.242. The van der Waals surface area contributed by atoms with Gasteiger partial charge in [0.25, 0.3) is 0 Å². The second-order valence-electron chi connectivity index (χ2n) is 10.2. The molecular formula is C33H31ClN2O2. The molecule has 192 valence electrons. The first-order valence-electron chi connectivity index (χ1n) is 13.3. The highest BCUT2D eigenvalue weighted by molar-refractivity contribution is 6.30. The fourth-order valence-electron chi connectivity index (χ4n) is 5.64. The van der Waals surface area contributed by atoms with E-state index in [4.69, 9.17) is 16.3 Å². The molecule has 1 aromatic heterocycles. The van der Waals surface area contributed by atoms with Gasteiger partial charge in [0.2, 0.25) is 5.88 Å². The maximum Gasteiger partial charge on any atom is 0.226 e. The molecule has 1 saturated heterocycles. The minimum Gasteiger partial charge on any atom is -0.438 e. The van der Waals surface area contributed by atoms with Crippen LogP contribution in [0.15, 0.2) is 97.2 Å². The van der Waals surface area contributed by atoms with Crippen molar-refractivity contribution in [1.82, 2.24) is 9.88 Å². The number of rotatable bonds is 5. The Morgan fingerprint density at radius 1 is 0.895 bits per heavy atom. The van der Waals surface area contributed by atoms with Gasteiger partial charge in [0.1, 0.15) is 5.75 Å². The van der Waals surface area contributed by atoms with Crippen molar-refractivity contribution in [2.75, 3.05) is 19.6 Å². The maximum atomic E-state index is 11.2. The minimum atomic E-state index is -0.777. The van der Waals surface area contributed by atoms with Crippen LogP contribution in [-0.4, -0.2) is 34.6 Å². The summed E-state index contributed by atoms with van der Waals surface area (Å²) in [6, 6.07) is 28.5. The van der Waals surface area contributed by atoms with Gasteiger partial charge in [-0.1, -0.05) is 72.3 Å². The molecule has 0 aliphatic carbocycles. The molecule has 4 aromatic rings. The lowest BCUT2D eigenvalue weighted by Gasteiger charge is -2.38. The molecule has 6 rings (SSSR count). The summed E-state index contributed by atoms with van der Waals surface area (Å²) >= 11 is 6.04. The molecule has 2 aliphatic rings. The Labute approximate surface area is 229 Å². The number of hydrogen-bond donors (Lipinski definition) is 1. The molecule has 1 N–H and O–H groups in total. The first kappa shape index (κ1) is 24.9. The van der Waals surface area contributed by atoms with E-state index in [-0.39, 0.29) is 0 Å². The van der Waals surface area contributed by atoms with Crippen molar-refractivity contribution in [2.24, 2.45) is 0 Å². The van der Waals surface area contributed by atoms with Crippen LogP contribution < -0.4 is 4.74 Å². The highest BCUT2D eigenvalue weighted by Gasteiger charge is 2.33. The Kier molecular flexibility index (Phi) is 7.03. The lowest BCUT2D eigenvalue weighted by Crippen LogP contribution is -2.42. The molecule has 38 heavy (non-hydrogen) atoms. The number of pyridine rings is 1. The number of aliphatic hydroxyl groups is 1. The average molecular weight is 523 g/mol. The molecule has 0 saturated carbocycles. The largest absolute Gasteiger partial charge is 0.438 e. The SMILES string of the molecule is OC1(c2ccc(Cl)cc2)CCN(CCC=C2Cc3c(cccc3-c3ccccc3)Oc3ncccc32)CC1. The van der Waals surface area contributed by atoms with Gasteiger partial charge in [0.15, 0.2) is 0 Å². The molecule has 0 unspecified atom stereocenters. The Morgan fingerprint density at radius 3 is 2.45 bits per heavy atom. The monoisotopic (exact) mass is 522 g/mol.